The smallest absolute Gasteiger partial charge is 0.262 e. The van der Waals surface area contributed by atoms with Gasteiger partial charge in [-0.1, -0.05) is 30.3 Å². The van der Waals surface area contributed by atoms with Gasteiger partial charge >= 0.3 is 0 Å². The summed E-state index contributed by atoms with van der Waals surface area (Å²) >= 11 is 0. The standard InChI is InChI=1S/C20H18N2O3/c1-21-11-10-14-16(21)9-8-15-18(14)20(24)22(19(15)23)17(12-25-2)13-6-4-3-5-7-13/h3-11,17H,12H2,1-2H3/t17-/m0/s1. The zero-order valence-electron chi connectivity index (χ0n) is 14.1. The molecule has 3 aromatic rings. The summed E-state index contributed by atoms with van der Waals surface area (Å²) in [6.07, 6.45) is 1.90. The van der Waals surface area contributed by atoms with Crippen LogP contribution >= 0.6 is 0 Å². The van der Waals surface area contributed by atoms with E-state index in [2.05, 4.69) is 0 Å². The highest BCUT2D eigenvalue weighted by Crippen LogP contribution is 2.35. The van der Waals surface area contributed by atoms with Crippen molar-refractivity contribution in [3.8, 4) is 0 Å². The van der Waals surface area contributed by atoms with Crippen LogP contribution in [0.25, 0.3) is 10.9 Å². The fourth-order valence-electron chi connectivity index (χ4n) is 3.54. The van der Waals surface area contributed by atoms with Gasteiger partial charge in [-0.05, 0) is 23.8 Å². The van der Waals surface area contributed by atoms with Crippen molar-refractivity contribution >= 4 is 22.7 Å². The number of nitrogens with zero attached hydrogens (tertiary/aromatic N) is 2. The van der Waals surface area contributed by atoms with Crippen LogP contribution in [0.15, 0.2) is 54.7 Å². The van der Waals surface area contributed by atoms with Crippen molar-refractivity contribution in [2.24, 2.45) is 7.05 Å². The highest BCUT2D eigenvalue weighted by atomic mass is 16.5. The lowest BCUT2D eigenvalue weighted by Crippen LogP contribution is -2.36. The van der Waals surface area contributed by atoms with Gasteiger partial charge in [0.1, 0.15) is 0 Å². The topological polar surface area (TPSA) is 51.5 Å². The summed E-state index contributed by atoms with van der Waals surface area (Å²) < 4.78 is 7.25. The Morgan fingerprint density at radius 1 is 1.00 bits per heavy atom. The van der Waals surface area contributed by atoms with Crippen LogP contribution in [0.1, 0.15) is 32.3 Å². The predicted molar refractivity (Wildman–Crippen MR) is 94.5 cm³/mol. The summed E-state index contributed by atoms with van der Waals surface area (Å²) in [4.78, 5) is 27.5. The fourth-order valence-corrected chi connectivity index (χ4v) is 3.54. The van der Waals surface area contributed by atoms with Gasteiger partial charge in [0.05, 0.1) is 23.8 Å². The first-order chi connectivity index (χ1) is 12.1. The molecule has 0 saturated carbocycles. The van der Waals surface area contributed by atoms with E-state index in [0.29, 0.717) is 11.1 Å². The fraction of sp³-hybridized carbons (Fsp3) is 0.200. The summed E-state index contributed by atoms with van der Waals surface area (Å²) in [5, 5.41) is 0.810. The number of hydrogen-bond donors (Lipinski definition) is 0. The number of aryl methyl sites for hydroxylation is 1. The number of methoxy groups -OCH3 is 1. The van der Waals surface area contributed by atoms with E-state index < -0.39 is 6.04 Å². The molecule has 0 radical (unpaired) electrons. The van der Waals surface area contributed by atoms with Gasteiger partial charge in [-0.3, -0.25) is 14.5 Å². The first-order valence-electron chi connectivity index (χ1n) is 8.13. The number of aromatic nitrogens is 1. The summed E-state index contributed by atoms with van der Waals surface area (Å²) in [6, 6.07) is 14.6. The van der Waals surface area contributed by atoms with Gasteiger partial charge in [0.25, 0.3) is 11.8 Å². The first kappa shape index (κ1) is 15.6. The van der Waals surface area contributed by atoms with Crippen molar-refractivity contribution in [2.75, 3.05) is 13.7 Å². The van der Waals surface area contributed by atoms with Crippen molar-refractivity contribution < 1.29 is 14.3 Å². The maximum atomic E-state index is 13.2. The number of ether oxygens (including phenoxy) is 1. The first-order valence-corrected chi connectivity index (χ1v) is 8.13. The molecular formula is C20H18N2O3. The number of fused-ring (bicyclic) bond motifs is 3. The van der Waals surface area contributed by atoms with Gasteiger partial charge in [0.2, 0.25) is 0 Å². The minimum absolute atomic E-state index is 0.257. The van der Waals surface area contributed by atoms with Crippen LogP contribution in [-0.2, 0) is 11.8 Å². The summed E-state index contributed by atoms with van der Waals surface area (Å²) in [6.45, 7) is 0.257. The van der Waals surface area contributed by atoms with Crippen molar-refractivity contribution in [3.63, 3.8) is 0 Å². The molecule has 0 bridgehead atoms. The number of rotatable bonds is 4. The van der Waals surface area contributed by atoms with E-state index >= 15 is 0 Å². The van der Waals surface area contributed by atoms with Crippen LogP contribution in [0.5, 0.6) is 0 Å². The Morgan fingerprint density at radius 3 is 2.48 bits per heavy atom. The normalized spacial score (nSPS) is 15.0. The van der Waals surface area contributed by atoms with Crippen molar-refractivity contribution in [1.82, 2.24) is 9.47 Å². The molecule has 5 nitrogen and oxygen atoms in total. The van der Waals surface area contributed by atoms with E-state index in [-0.39, 0.29) is 18.4 Å². The molecule has 25 heavy (non-hydrogen) atoms. The summed E-state index contributed by atoms with van der Waals surface area (Å²) in [5.41, 5.74) is 2.76. The molecule has 2 amide bonds. The van der Waals surface area contributed by atoms with Gasteiger partial charge in [0.15, 0.2) is 0 Å². The molecule has 0 saturated heterocycles. The van der Waals surface area contributed by atoms with Crippen LogP contribution in [-0.4, -0.2) is 35.0 Å². The molecule has 1 aromatic heterocycles. The summed E-state index contributed by atoms with van der Waals surface area (Å²) in [5.74, 6) is -0.528. The average Bonchev–Trinajstić information content (AvgIpc) is 3.12. The molecule has 0 aliphatic carbocycles. The van der Waals surface area contributed by atoms with Gasteiger partial charge in [-0.15, -0.1) is 0 Å². The molecular weight excluding hydrogens is 316 g/mol. The maximum Gasteiger partial charge on any atom is 0.262 e. The van der Waals surface area contributed by atoms with Crippen LogP contribution < -0.4 is 0 Å². The molecule has 0 unspecified atom stereocenters. The van der Waals surface area contributed by atoms with E-state index in [1.165, 1.54) is 4.90 Å². The molecule has 0 fully saturated rings. The molecule has 2 aromatic carbocycles. The number of imide groups is 1. The number of carbonyl (C=O) groups excluding carboxylic acids is 2. The Bertz CT molecular complexity index is 975. The molecule has 2 heterocycles. The van der Waals surface area contributed by atoms with Crippen molar-refractivity contribution in [2.45, 2.75) is 6.04 Å². The SMILES string of the molecule is COC[C@@H](c1ccccc1)N1C(=O)c2ccc3c(ccn3C)c2C1=O. The van der Waals surface area contributed by atoms with Gasteiger partial charge < -0.3 is 9.30 Å². The highest BCUT2D eigenvalue weighted by molar-refractivity contribution is 6.26. The Morgan fingerprint density at radius 2 is 1.76 bits per heavy atom. The lowest BCUT2D eigenvalue weighted by atomic mass is 10.1. The Balaban J connectivity index is 1.85. The second-order valence-corrected chi connectivity index (χ2v) is 6.21. The molecule has 126 valence electrons. The number of amides is 2. The van der Waals surface area contributed by atoms with Gasteiger partial charge in [-0.25, -0.2) is 0 Å². The second-order valence-electron chi connectivity index (χ2n) is 6.21. The van der Waals surface area contributed by atoms with Crippen molar-refractivity contribution in [3.05, 3.63) is 71.4 Å². The number of benzene rings is 2. The summed E-state index contributed by atoms with van der Waals surface area (Å²) in [7, 11) is 3.49. The molecule has 0 N–H and O–H groups in total. The predicted octanol–water partition coefficient (Wildman–Crippen LogP) is 3.16. The van der Waals surface area contributed by atoms with Crippen LogP contribution in [0.3, 0.4) is 0 Å². The van der Waals surface area contributed by atoms with Crippen LogP contribution in [0.2, 0.25) is 0 Å². The molecule has 4 rings (SSSR count). The third kappa shape index (κ3) is 2.27. The Kier molecular flexibility index (Phi) is 3.66. The highest BCUT2D eigenvalue weighted by Gasteiger charge is 2.41. The zero-order chi connectivity index (χ0) is 17.6. The van der Waals surface area contributed by atoms with E-state index in [4.69, 9.17) is 4.74 Å². The number of carbonyl (C=O) groups is 2. The minimum Gasteiger partial charge on any atom is -0.382 e. The molecule has 1 aliphatic rings. The molecule has 5 heteroatoms. The van der Waals surface area contributed by atoms with Gasteiger partial charge in [0, 0.05) is 31.3 Å². The van der Waals surface area contributed by atoms with Crippen LogP contribution in [0, 0.1) is 0 Å². The van der Waals surface area contributed by atoms with Gasteiger partial charge in [-0.2, -0.15) is 0 Å². The van der Waals surface area contributed by atoms with E-state index in [1.807, 2.05) is 60.3 Å². The Hall–Kier alpha value is -2.92. The van der Waals surface area contributed by atoms with Crippen molar-refractivity contribution in [1.29, 1.82) is 0 Å². The quantitative estimate of drug-likeness (QED) is 0.689. The monoisotopic (exact) mass is 334 g/mol. The Labute approximate surface area is 145 Å². The van der Waals surface area contributed by atoms with E-state index in [0.717, 1.165) is 16.5 Å². The molecule has 1 aliphatic heterocycles. The third-order valence-electron chi connectivity index (χ3n) is 4.77. The van der Waals surface area contributed by atoms with E-state index in [9.17, 15) is 9.59 Å². The third-order valence-corrected chi connectivity index (χ3v) is 4.77. The van der Waals surface area contributed by atoms with Crippen LogP contribution in [0.4, 0.5) is 0 Å². The molecule has 1 atom stereocenters. The zero-order valence-corrected chi connectivity index (χ0v) is 14.1. The lowest BCUT2D eigenvalue weighted by Gasteiger charge is -2.26. The van der Waals surface area contributed by atoms with E-state index in [1.54, 1.807) is 13.2 Å². The number of hydrogen-bond acceptors (Lipinski definition) is 3. The minimum atomic E-state index is -0.447. The average molecular weight is 334 g/mol. The second kappa shape index (κ2) is 5.86. The lowest BCUT2D eigenvalue weighted by molar-refractivity contribution is 0.0470. The largest absolute Gasteiger partial charge is 0.382 e. The molecule has 0 spiro atoms. The maximum absolute atomic E-state index is 13.2.